The molecule has 1 aromatic rings. The summed E-state index contributed by atoms with van der Waals surface area (Å²) in [6, 6.07) is 10.3. The standard InChI is InChI=1S/C23H38N6O2.HI/c1-5-24-23(26(4)19-22(31)27(6-2)7-3)25-14-13-21(30)29-17-15-28(16-18-29)20-11-9-8-10-12-20;/h8-12H,5-7,13-19H2,1-4H3,(H,24,25);1H. The molecule has 2 amide bonds. The SMILES string of the molecule is CCNC(=NCCC(=O)N1CCN(c2ccccc2)CC1)N(C)CC(=O)N(CC)CC.I. The fourth-order valence-electron chi connectivity index (χ4n) is 3.69. The lowest BCUT2D eigenvalue weighted by molar-refractivity contribution is -0.132. The van der Waals surface area contributed by atoms with Crippen LogP contribution in [0.4, 0.5) is 5.69 Å². The molecule has 0 aromatic heterocycles. The molecule has 2 rings (SSSR count). The third kappa shape index (κ3) is 8.48. The highest BCUT2D eigenvalue weighted by Gasteiger charge is 2.21. The van der Waals surface area contributed by atoms with E-state index in [4.69, 9.17) is 0 Å². The first-order valence-electron chi connectivity index (χ1n) is 11.3. The van der Waals surface area contributed by atoms with Gasteiger partial charge in [-0.2, -0.15) is 0 Å². The molecule has 1 aromatic carbocycles. The summed E-state index contributed by atoms with van der Waals surface area (Å²) < 4.78 is 0. The lowest BCUT2D eigenvalue weighted by atomic mass is 10.2. The van der Waals surface area contributed by atoms with Gasteiger partial charge in [0.05, 0.1) is 13.1 Å². The molecule has 0 unspecified atom stereocenters. The van der Waals surface area contributed by atoms with E-state index >= 15 is 0 Å². The van der Waals surface area contributed by atoms with Crippen LogP contribution in [0.2, 0.25) is 0 Å². The van der Waals surface area contributed by atoms with E-state index < -0.39 is 0 Å². The van der Waals surface area contributed by atoms with E-state index in [1.807, 2.05) is 55.8 Å². The summed E-state index contributed by atoms with van der Waals surface area (Å²) in [5.41, 5.74) is 1.21. The van der Waals surface area contributed by atoms with Crippen LogP contribution < -0.4 is 10.2 Å². The largest absolute Gasteiger partial charge is 0.368 e. The third-order valence-corrected chi connectivity index (χ3v) is 5.53. The number of benzene rings is 1. The van der Waals surface area contributed by atoms with Crippen LogP contribution in [-0.4, -0.2) is 98.4 Å². The minimum absolute atomic E-state index is 0. The molecule has 0 radical (unpaired) electrons. The van der Waals surface area contributed by atoms with Gasteiger partial charge in [-0.3, -0.25) is 14.6 Å². The smallest absolute Gasteiger partial charge is 0.242 e. The van der Waals surface area contributed by atoms with E-state index in [1.54, 1.807) is 4.90 Å². The number of likely N-dealkylation sites (N-methyl/N-ethyl adjacent to an activating group) is 2. The van der Waals surface area contributed by atoms with Crippen LogP contribution in [0.5, 0.6) is 0 Å². The molecule has 32 heavy (non-hydrogen) atoms. The zero-order chi connectivity index (χ0) is 22.6. The monoisotopic (exact) mass is 558 g/mol. The number of carbonyl (C=O) groups is 2. The number of anilines is 1. The molecule has 0 atom stereocenters. The fraction of sp³-hybridized carbons (Fsp3) is 0.609. The van der Waals surface area contributed by atoms with Crippen molar-refractivity contribution in [1.29, 1.82) is 0 Å². The van der Waals surface area contributed by atoms with E-state index in [0.29, 0.717) is 38.6 Å². The maximum absolute atomic E-state index is 12.6. The van der Waals surface area contributed by atoms with Crippen molar-refractivity contribution in [3.63, 3.8) is 0 Å². The maximum atomic E-state index is 12.6. The predicted octanol–water partition coefficient (Wildman–Crippen LogP) is 2.11. The Kier molecular flexibility index (Phi) is 13.0. The number of halogens is 1. The molecular formula is C23H39IN6O2. The van der Waals surface area contributed by atoms with Gasteiger partial charge >= 0.3 is 0 Å². The number of hydrogen-bond acceptors (Lipinski definition) is 4. The molecule has 8 nitrogen and oxygen atoms in total. The van der Waals surface area contributed by atoms with Crippen LogP contribution >= 0.6 is 24.0 Å². The Balaban J connectivity index is 0.00000512. The first-order valence-corrected chi connectivity index (χ1v) is 11.3. The van der Waals surface area contributed by atoms with Gasteiger partial charge in [0, 0.05) is 65.0 Å². The number of nitrogens with one attached hydrogen (secondary N) is 1. The number of para-hydroxylation sites is 1. The summed E-state index contributed by atoms with van der Waals surface area (Å²) >= 11 is 0. The van der Waals surface area contributed by atoms with E-state index in [0.717, 1.165) is 26.2 Å². The molecule has 0 spiro atoms. The number of piperazine rings is 1. The molecule has 1 heterocycles. The predicted molar refractivity (Wildman–Crippen MR) is 142 cm³/mol. The summed E-state index contributed by atoms with van der Waals surface area (Å²) in [7, 11) is 1.85. The van der Waals surface area contributed by atoms with Crippen molar-refractivity contribution in [3.05, 3.63) is 30.3 Å². The normalized spacial score (nSPS) is 13.9. The van der Waals surface area contributed by atoms with Gasteiger partial charge in [0.2, 0.25) is 11.8 Å². The molecule has 1 aliphatic heterocycles. The van der Waals surface area contributed by atoms with Crippen molar-refractivity contribution in [3.8, 4) is 0 Å². The second-order valence-electron chi connectivity index (χ2n) is 7.61. The van der Waals surface area contributed by atoms with Gasteiger partial charge in [0.15, 0.2) is 5.96 Å². The molecule has 1 aliphatic rings. The summed E-state index contributed by atoms with van der Waals surface area (Å²) in [6.45, 7) is 11.9. The highest BCUT2D eigenvalue weighted by atomic mass is 127. The minimum atomic E-state index is 0. The molecule has 0 bridgehead atoms. The Morgan fingerprint density at radius 2 is 1.66 bits per heavy atom. The van der Waals surface area contributed by atoms with E-state index in [2.05, 4.69) is 27.3 Å². The highest BCUT2D eigenvalue weighted by molar-refractivity contribution is 14.0. The number of aliphatic imine (C=N–C) groups is 1. The van der Waals surface area contributed by atoms with Crippen LogP contribution in [0.25, 0.3) is 0 Å². The molecule has 1 fully saturated rings. The molecule has 180 valence electrons. The van der Waals surface area contributed by atoms with Crippen molar-refractivity contribution in [1.82, 2.24) is 20.0 Å². The molecule has 0 saturated carbocycles. The Hall–Kier alpha value is -2.04. The second-order valence-corrected chi connectivity index (χ2v) is 7.61. The van der Waals surface area contributed by atoms with Crippen LogP contribution in [-0.2, 0) is 9.59 Å². The van der Waals surface area contributed by atoms with Crippen molar-refractivity contribution >= 4 is 47.4 Å². The number of rotatable bonds is 9. The van der Waals surface area contributed by atoms with Crippen LogP contribution in [0.1, 0.15) is 27.2 Å². The average molecular weight is 559 g/mol. The molecular weight excluding hydrogens is 519 g/mol. The van der Waals surface area contributed by atoms with Gasteiger partial charge in [0.1, 0.15) is 0 Å². The topological polar surface area (TPSA) is 71.5 Å². The Bertz CT molecular complexity index is 718. The number of hydrogen-bond donors (Lipinski definition) is 1. The highest BCUT2D eigenvalue weighted by Crippen LogP contribution is 2.15. The van der Waals surface area contributed by atoms with Gasteiger partial charge in [0.25, 0.3) is 0 Å². The van der Waals surface area contributed by atoms with Gasteiger partial charge < -0.3 is 24.9 Å². The lowest BCUT2D eigenvalue weighted by Crippen LogP contribution is -2.49. The first-order chi connectivity index (χ1) is 15.0. The van der Waals surface area contributed by atoms with E-state index in [9.17, 15) is 9.59 Å². The van der Waals surface area contributed by atoms with Crippen molar-refractivity contribution in [2.24, 2.45) is 4.99 Å². The summed E-state index contributed by atoms with van der Waals surface area (Å²) in [5, 5.41) is 3.21. The number of amides is 2. The van der Waals surface area contributed by atoms with Crippen molar-refractivity contribution in [2.45, 2.75) is 27.2 Å². The van der Waals surface area contributed by atoms with Gasteiger partial charge in [-0.05, 0) is 32.9 Å². The van der Waals surface area contributed by atoms with E-state index in [-0.39, 0.29) is 42.3 Å². The Morgan fingerprint density at radius 1 is 1.03 bits per heavy atom. The summed E-state index contributed by atoms with van der Waals surface area (Å²) in [6.07, 6.45) is 0.373. The third-order valence-electron chi connectivity index (χ3n) is 5.53. The summed E-state index contributed by atoms with van der Waals surface area (Å²) in [5.74, 6) is 0.865. The first kappa shape index (κ1) is 28.0. The van der Waals surface area contributed by atoms with Crippen LogP contribution in [0.3, 0.4) is 0 Å². The minimum Gasteiger partial charge on any atom is -0.368 e. The maximum Gasteiger partial charge on any atom is 0.242 e. The quantitative estimate of drug-likeness (QED) is 0.286. The zero-order valence-electron chi connectivity index (χ0n) is 19.9. The number of nitrogens with zero attached hydrogens (tertiary/aromatic N) is 5. The van der Waals surface area contributed by atoms with Gasteiger partial charge in [-0.1, -0.05) is 18.2 Å². The second kappa shape index (κ2) is 14.9. The number of guanidine groups is 1. The summed E-state index contributed by atoms with van der Waals surface area (Å²) in [4.78, 5) is 37.5. The number of carbonyl (C=O) groups excluding carboxylic acids is 2. The van der Waals surface area contributed by atoms with Crippen LogP contribution in [0, 0.1) is 0 Å². The lowest BCUT2D eigenvalue weighted by Gasteiger charge is -2.36. The van der Waals surface area contributed by atoms with Crippen LogP contribution in [0.15, 0.2) is 35.3 Å². The van der Waals surface area contributed by atoms with Gasteiger partial charge in [-0.25, -0.2) is 0 Å². The average Bonchev–Trinajstić information content (AvgIpc) is 2.79. The van der Waals surface area contributed by atoms with E-state index in [1.165, 1.54) is 5.69 Å². The molecule has 1 N–H and O–H groups in total. The van der Waals surface area contributed by atoms with Gasteiger partial charge in [-0.15, -0.1) is 24.0 Å². The molecule has 0 aliphatic carbocycles. The zero-order valence-corrected chi connectivity index (χ0v) is 22.2. The molecule has 9 heteroatoms. The van der Waals surface area contributed by atoms with Crippen molar-refractivity contribution in [2.75, 3.05) is 70.9 Å². The molecule has 1 saturated heterocycles. The Morgan fingerprint density at radius 3 is 2.22 bits per heavy atom. The Labute approximate surface area is 210 Å². The fourth-order valence-corrected chi connectivity index (χ4v) is 3.69. The van der Waals surface area contributed by atoms with Crippen molar-refractivity contribution < 1.29 is 9.59 Å².